The topological polar surface area (TPSA) is 3.24 Å². The highest BCUT2D eigenvalue weighted by Crippen LogP contribution is 2.36. The van der Waals surface area contributed by atoms with Gasteiger partial charge in [0.05, 0.1) is 0 Å². The van der Waals surface area contributed by atoms with E-state index in [2.05, 4.69) is 39.8 Å². The average Bonchev–Trinajstić information content (AvgIpc) is 2.31. The Morgan fingerprint density at radius 1 is 1.15 bits per heavy atom. The van der Waals surface area contributed by atoms with Gasteiger partial charge in [-0.2, -0.15) is 0 Å². The molecular weight excluding hydrogens is 158 g/mol. The summed E-state index contributed by atoms with van der Waals surface area (Å²) in [4.78, 5) is 2.39. The lowest BCUT2D eigenvalue weighted by atomic mass is 9.84. The van der Waals surface area contributed by atoms with Gasteiger partial charge in [-0.15, -0.1) is 0 Å². The molecule has 0 radical (unpaired) electrons. The molecule has 1 aliphatic carbocycles. The zero-order chi connectivity index (χ0) is 10.1. The molecule has 13 heavy (non-hydrogen) atoms. The van der Waals surface area contributed by atoms with E-state index < -0.39 is 0 Å². The maximum absolute atomic E-state index is 2.39. The van der Waals surface area contributed by atoms with E-state index in [1.807, 2.05) is 0 Å². The van der Waals surface area contributed by atoms with E-state index in [1.165, 1.54) is 25.7 Å². The summed E-state index contributed by atoms with van der Waals surface area (Å²) < 4.78 is 0. The van der Waals surface area contributed by atoms with Crippen molar-refractivity contribution in [1.82, 2.24) is 4.90 Å². The summed E-state index contributed by atoms with van der Waals surface area (Å²) in [5, 5.41) is 0. The zero-order valence-corrected chi connectivity index (χ0v) is 9.93. The van der Waals surface area contributed by atoms with Gasteiger partial charge in [0.1, 0.15) is 0 Å². The molecule has 0 spiro atoms. The third-order valence-electron chi connectivity index (χ3n) is 3.14. The first-order valence-electron chi connectivity index (χ1n) is 5.55. The second-order valence-corrected chi connectivity index (χ2v) is 6.06. The van der Waals surface area contributed by atoms with Gasteiger partial charge in [0.15, 0.2) is 0 Å². The van der Waals surface area contributed by atoms with Crippen molar-refractivity contribution >= 4 is 0 Å². The van der Waals surface area contributed by atoms with Crippen molar-refractivity contribution in [2.24, 2.45) is 11.3 Å². The van der Waals surface area contributed by atoms with E-state index >= 15 is 0 Å². The Kier molecular flexibility index (Phi) is 3.39. The smallest absolute Gasteiger partial charge is 0.00919 e. The standard InChI is InChI=1S/C12H25N/c1-12(2,3)9-10-6-7-11(8-10)13(4)5/h10-11H,6-9H2,1-5H3. The summed E-state index contributed by atoms with van der Waals surface area (Å²) in [7, 11) is 4.42. The lowest BCUT2D eigenvalue weighted by Gasteiger charge is -2.24. The molecule has 1 fully saturated rings. The van der Waals surface area contributed by atoms with Crippen LogP contribution in [0.15, 0.2) is 0 Å². The molecule has 1 aliphatic rings. The Labute approximate surface area is 83.5 Å². The SMILES string of the molecule is CN(C)C1CCC(CC(C)(C)C)C1. The average molecular weight is 183 g/mol. The minimum Gasteiger partial charge on any atom is -0.306 e. The maximum atomic E-state index is 2.39. The van der Waals surface area contributed by atoms with Crippen LogP contribution in [0.25, 0.3) is 0 Å². The second kappa shape index (κ2) is 4.00. The number of hydrogen-bond acceptors (Lipinski definition) is 1. The van der Waals surface area contributed by atoms with Crippen molar-refractivity contribution in [2.75, 3.05) is 14.1 Å². The van der Waals surface area contributed by atoms with Crippen LogP contribution in [0.2, 0.25) is 0 Å². The third kappa shape index (κ3) is 3.68. The first-order chi connectivity index (χ1) is 5.88. The van der Waals surface area contributed by atoms with Crippen molar-refractivity contribution in [3.63, 3.8) is 0 Å². The fourth-order valence-electron chi connectivity index (χ4n) is 2.57. The molecule has 0 amide bonds. The lowest BCUT2D eigenvalue weighted by Crippen LogP contribution is -2.25. The van der Waals surface area contributed by atoms with E-state index in [4.69, 9.17) is 0 Å². The van der Waals surface area contributed by atoms with Crippen LogP contribution in [0.4, 0.5) is 0 Å². The molecule has 2 unspecified atom stereocenters. The van der Waals surface area contributed by atoms with Gasteiger partial charge in [-0.1, -0.05) is 20.8 Å². The first-order valence-corrected chi connectivity index (χ1v) is 5.55. The molecular formula is C12H25N. The largest absolute Gasteiger partial charge is 0.306 e. The molecule has 0 aromatic carbocycles. The molecule has 1 rings (SSSR count). The van der Waals surface area contributed by atoms with Gasteiger partial charge < -0.3 is 4.90 Å². The summed E-state index contributed by atoms with van der Waals surface area (Å²) in [5.74, 6) is 0.979. The Balaban J connectivity index is 2.33. The van der Waals surface area contributed by atoms with Crippen molar-refractivity contribution < 1.29 is 0 Å². The molecule has 1 saturated carbocycles. The summed E-state index contributed by atoms with van der Waals surface area (Å²) in [6.45, 7) is 7.07. The van der Waals surface area contributed by atoms with Crippen LogP contribution >= 0.6 is 0 Å². The predicted octanol–water partition coefficient (Wildman–Crippen LogP) is 3.15. The Bertz CT molecular complexity index is 155. The fraction of sp³-hybridized carbons (Fsp3) is 1.00. The van der Waals surface area contributed by atoms with Crippen molar-refractivity contribution in [3.8, 4) is 0 Å². The third-order valence-corrected chi connectivity index (χ3v) is 3.14. The maximum Gasteiger partial charge on any atom is 0.00919 e. The van der Waals surface area contributed by atoms with Gasteiger partial charge in [0, 0.05) is 6.04 Å². The highest BCUT2D eigenvalue weighted by molar-refractivity contribution is 4.82. The quantitative estimate of drug-likeness (QED) is 0.635. The zero-order valence-electron chi connectivity index (χ0n) is 9.93. The summed E-state index contributed by atoms with van der Waals surface area (Å²) >= 11 is 0. The monoisotopic (exact) mass is 183 g/mol. The lowest BCUT2D eigenvalue weighted by molar-refractivity contribution is 0.261. The van der Waals surface area contributed by atoms with Gasteiger partial charge in [-0.25, -0.2) is 0 Å². The van der Waals surface area contributed by atoms with Gasteiger partial charge in [0.25, 0.3) is 0 Å². The van der Waals surface area contributed by atoms with Crippen molar-refractivity contribution in [1.29, 1.82) is 0 Å². The molecule has 0 aromatic heterocycles. The second-order valence-electron chi connectivity index (χ2n) is 6.06. The summed E-state index contributed by atoms with van der Waals surface area (Å²) in [5.41, 5.74) is 0.520. The van der Waals surface area contributed by atoms with Crippen LogP contribution in [0.5, 0.6) is 0 Å². The Morgan fingerprint density at radius 2 is 1.77 bits per heavy atom. The van der Waals surface area contributed by atoms with Crippen LogP contribution in [0, 0.1) is 11.3 Å². The van der Waals surface area contributed by atoms with E-state index in [0.717, 1.165) is 12.0 Å². The molecule has 1 heteroatoms. The van der Waals surface area contributed by atoms with Crippen molar-refractivity contribution in [3.05, 3.63) is 0 Å². The molecule has 0 heterocycles. The van der Waals surface area contributed by atoms with E-state index in [9.17, 15) is 0 Å². The normalized spacial score (nSPS) is 30.0. The highest BCUT2D eigenvalue weighted by atomic mass is 15.1. The van der Waals surface area contributed by atoms with E-state index in [-0.39, 0.29) is 0 Å². The van der Waals surface area contributed by atoms with Crippen LogP contribution in [-0.4, -0.2) is 25.0 Å². The van der Waals surface area contributed by atoms with Gasteiger partial charge in [0.2, 0.25) is 0 Å². The van der Waals surface area contributed by atoms with Crippen molar-refractivity contribution in [2.45, 2.75) is 52.5 Å². The number of nitrogens with zero attached hydrogens (tertiary/aromatic N) is 1. The molecule has 0 bridgehead atoms. The molecule has 0 N–H and O–H groups in total. The molecule has 78 valence electrons. The van der Waals surface area contributed by atoms with E-state index in [1.54, 1.807) is 0 Å². The van der Waals surface area contributed by atoms with Gasteiger partial charge >= 0.3 is 0 Å². The van der Waals surface area contributed by atoms with Crippen LogP contribution < -0.4 is 0 Å². The van der Waals surface area contributed by atoms with Crippen LogP contribution in [-0.2, 0) is 0 Å². The minimum absolute atomic E-state index is 0.520. The molecule has 0 saturated heterocycles. The van der Waals surface area contributed by atoms with E-state index in [0.29, 0.717) is 5.41 Å². The first kappa shape index (κ1) is 11.0. The Morgan fingerprint density at radius 3 is 2.15 bits per heavy atom. The molecule has 1 nitrogen and oxygen atoms in total. The predicted molar refractivity (Wildman–Crippen MR) is 58.9 cm³/mol. The fourth-order valence-corrected chi connectivity index (χ4v) is 2.57. The minimum atomic E-state index is 0.520. The number of hydrogen-bond donors (Lipinski definition) is 0. The summed E-state index contributed by atoms with van der Waals surface area (Å²) in [6, 6.07) is 0.854. The van der Waals surface area contributed by atoms with Crippen LogP contribution in [0.1, 0.15) is 46.5 Å². The van der Waals surface area contributed by atoms with Gasteiger partial charge in [-0.3, -0.25) is 0 Å². The number of rotatable bonds is 2. The molecule has 0 aliphatic heterocycles. The van der Waals surface area contributed by atoms with Crippen LogP contribution in [0.3, 0.4) is 0 Å². The molecule has 2 atom stereocenters. The molecule has 0 aromatic rings. The Hall–Kier alpha value is -0.0400. The highest BCUT2D eigenvalue weighted by Gasteiger charge is 2.28. The van der Waals surface area contributed by atoms with Gasteiger partial charge in [-0.05, 0) is 51.1 Å². The summed E-state index contributed by atoms with van der Waals surface area (Å²) in [6.07, 6.45) is 5.68.